The third-order valence-electron chi connectivity index (χ3n) is 2.07. The molecule has 0 radical (unpaired) electrons. The molecule has 88 valence electrons. The minimum atomic E-state index is 0.424. The monoisotopic (exact) mass is 231 g/mol. The molecule has 0 aliphatic heterocycles. The summed E-state index contributed by atoms with van der Waals surface area (Å²) in [5.74, 6) is 3.48. The summed E-state index contributed by atoms with van der Waals surface area (Å²) < 4.78 is 5.50. The van der Waals surface area contributed by atoms with Gasteiger partial charge in [-0.3, -0.25) is 0 Å². The molecule has 0 aliphatic carbocycles. The van der Waals surface area contributed by atoms with Gasteiger partial charge in [-0.15, -0.1) is 12.3 Å². The SMILES string of the molecule is C#CCCOc1nc(NCC)nc2nc[nH]c12. The summed E-state index contributed by atoms with van der Waals surface area (Å²) in [6, 6.07) is 0. The molecule has 0 aromatic carbocycles. The second-order valence-electron chi connectivity index (χ2n) is 3.29. The zero-order chi connectivity index (χ0) is 12.1. The van der Waals surface area contributed by atoms with Gasteiger partial charge >= 0.3 is 0 Å². The van der Waals surface area contributed by atoms with Crippen molar-refractivity contribution in [2.45, 2.75) is 13.3 Å². The molecule has 0 saturated carbocycles. The van der Waals surface area contributed by atoms with Crippen molar-refractivity contribution in [1.29, 1.82) is 0 Å². The molecule has 0 unspecified atom stereocenters. The first-order valence-corrected chi connectivity index (χ1v) is 5.36. The van der Waals surface area contributed by atoms with Gasteiger partial charge in [0.25, 0.3) is 0 Å². The van der Waals surface area contributed by atoms with Crippen LogP contribution in [0.5, 0.6) is 5.88 Å². The molecular formula is C11H13N5O. The van der Waals surface area contributed by atoms with E-state index in [2.05, 4.69) is 31.2 Å². The second kappa shape index (κ2) is 5.16. The van der Waals surface area contributed by atoms with Crippen LogP contribution >= 0.6 is 0 Å². The molecule has 0 saturated heterocycles. The number of nitrogens with one attached hydrogen (secondary N) is 2. The van der Waals surface area contributed by atoms with E-state index in [4.69, 9.17) is 11.2 Å². The lowest BCUT2D eigenvalue weighted by Gasteiger charge is -2.06. The summed E-state index contributed by atoms with van der Waals surface area (Å²) in [6.45, 7) is 3.13. The number of nitrogens with zero attached hydrogens (tertiary/aromatic N) is 3. The van der Waals surface area contributed by atoms with Gasteiger partial charge in [-0.25, -0.2) is 4.98 Å². The number of aromatic amines is 1. The van der Waals surface area contributed by atoms with Crippen LogP contribution in [-0.4, -0.2) is 33.1 Å². The van der Waals surface area contributed by atoms with E-state index in [0.29, 0.717) is 36.0 Å². The maximum absolute atomic E-state index is 5.50. The van der Waals surface area contributed by atoms with Crippen LogP contribution < -0.4 is 10.1 Å². The van der Waals surface area contributed by atoms with Crippen molar-refractivity contribution in [1.82, 2.24) is 19.9 Å². The molecule has 0 fully saturated rings. The Labute approximate surface area is 98.8 Å². The lowest BCUT2D eigenvalue weighted by molar-refractivity contribution is 0.318. The van der Waals surface area contributed by atoms with Crippen molar-refractivity contribution < 1.29 is 4.74 Å². The largest absolute Gasteiger partial charge is 0.475 e. The van der Waals surface area contributed by atoms with Gasteiger partial charge in [0.1, 0.15) is 12.1 Å². The van der Waals surface area contributed by atoms with E-state index in [9.17, 15) is 0 Å². The Morgan fingerprint density at radius 1 is 1.53 bits per heavy atom. The Balaban J connectivity index is 2.30. The van der Waals surface area contributed by atoms with Gasteiger partial charge in [0, 0.05) is 13.0 Å². The van der Waals surface area contributed by atoms with E-state index in [1.165, 1.54) is 0 Å². The molecule has 6 nitrogen and oxygen atoms in total. The van der Waals surface area contributed by atoms with Gasteiger partial charge < -0.3 is 15.0 Å². The van der Waals surface area contributed by atoms with Crippen LogP contribution in [0, 0.1) is 12.3 Å². The van der Waals surface area contributed by atoms with Gasteiger partial charge in [-0.1, -0.05) is 0 Å². The zero-order valence-electron chi connectivity index (χ0n) is 9.53. The first kappa shape index (κ1) is 11.2. The Hall–Kier alpha value is -2.29. The van der Waals surface area contributed by atoms with Crippen LogP contribution in [0.1, 0.15) is 13.3 Å². The third kappa shape index (κ3) is 2.45. The van der Waals surface area contributed by atoms with E-state index in [0.717, 1.165) is 6.54 Å². The van der Waals surface area contributed by atoms with Crippen LogP contribution in [0.25, 0.3) is 11.2 Å². The number of terminal acetylenes is 1. The fourth-order valence-electron chi connectivity index (χ4n) is 1.35. The molecule has 2 heterocycles. The zero-order valence-corrected chi connectivity index (χ0v) is 9.53. The molecule has 2 N–H and O–H groups in total. The second-order valence-corrected chi connectivity index (χ2v) is 3.29. The number of rotatable bonds is 5. The third-order valence-corrected chi connectivity index (χ3v) is 2.07. The smallest absolute Gasteiger partial charge is 0.245 e. The van der Waals surface area contributed by atoms with Crippen LogP contribution in [0.15, 0.2) is 6.33 Å². The predicted octanol–water partition coefficient (Wildman–Crippen LogP) is 1.19. The Bertz CT molecular complexity index is 542. The van der Waals surface area contributed by atoms with Gasteiger partial charge in [0.15, 0.2) is 5.65 Å². The summed E-state index contributed by atoms with van der Waals surface area (Å²) in [4.78, 5) is 15.5. The minimum absolute atomic E-state index is 0.424. The molecule has 17 heavy (non-hydrogen) atoms. The van der Waals surface area contributed by atoms with E-state index >= 15 is 0 Å². The molecule has 0 spiro atoms. The minimum Gasteiger partial charge on any atom is -0.475 e. The molecule has 2 aromatic heterocycles. The number of ether oxygens (including phenoxy) is 1. The first-order chi connectivity index (χ1) is 8.35. The average Bonchev–Trinajstić information content (AvgIpc) is 2.78. The number of hydrogen-bond donors (Lipinski definition) is 2. The van der Waals surface area contributed by atoms with Crippen molar-refractivity contribution in [2.24, 2.45) is 0 Å². The lowest BCUT2D eigenvalue weighted by Crippen LogP contribution is -2.05. The molecular weight excluding hydrogens is 218 g/mol. The fourth-order valence-corrected chi connectivity index (χ4v) is 1.35. The highest BCUT2D eigenvalue weighted by molar-refractivity contribution is 5.76. The molecule has 2 aromatic rings. The number of hydrogen-bond acceptors (Lipinski definition) is 5. The van der Waals surface area contributed by atoms with Gasteiger partial charge in [0.2, 0.25) is 11.8 Å². The highest BCUT2D eigenvalue weighted by atomic mass is 16.5. The van der Waals surface area contributed by atoms with Crippen molar-refractivity contribution in [3.8, 4) is 18.2 Å². The van der Waals surface area contributed by atoms with E-state index in [1.807, 2.05) is 6.92 Å². The average molecular weight is 231 g/mol. The van der Waals surface area contributed by atoms with Crippen LogP contribution in [0.4, 0.5) is 5.95 Å². The van der Waals surface area contributed by atoms with E-state index in [-0.39, 0.29) is 0 Å². The van der Waals surface area contributed by atoms with Crippen molar-refractivity contribution in [2.75, 3.05) is 18.5 Å². The summed E-state index contributed by atoms with van der Waals surface area (Å²) in [6.07, 6.45) is 7.26. The standard InChI is InChI=1S/C11H13N5O/c1-3-5-6-17-10-8-9(14-7-13-8)15-11(16-10)12-4-2/h1,7H,4-6H2,2H3,(H2,12,13,14,15,16). The predicted molar refractivity (Wildman–Crippen MR) is 64.8 cm³/mol. The molecule has 6 heteroatoms. The van der Waals surface area contributed by atoms with Crippen molar-refractivity contribution in [3.05, 3.63) is 6.33 Å². The summed E-state index contributed by atoms with van der Waals surface area (Å²) in [5, 5.41) is 3.02. The van der Waals surface area contributed by atoms with Crippen LogP contribution in [0.3, 0.4) is 0 Å². The lowest BCUT2D eigenvalue weighted by atomic mass is 10.5. The Morgan fingerprint density at radius 3 is 3.18 bits per heavy atom. The summed E-state index contributed by atoms with van der Waals surface area (Å²) >= 11 is 0. The fraction of sp³-hybridized carbons (Fsp3) is 0.364. The quantitative estimate of drug-likeness (QED) is 0.597. The molecule has 2 rings (SSSR count). The number of anilines is 1. The molecule has 0 atom stereocenters. The highest BCUT2D eigenvalue weighted by Crippen LogP contribution is 2.20. The molecule has 0 bridgehead atoms. The van der Waals surface area contributed by atoms with Gasteiger partial charge in [-0.05, 0) is 6.92 Å². The summed E-state index contributed by atoms with van der Waals surface area (Å²) in [5.41, 5.74) is 1.26. The van der Waals surface area contributed by atoms with E-state index in [1.54, 1.807) is 6.33 Å². The normalized spacial score (nSPS) is 10.1. The highest BCUT2D eigenvalue weighted by Gasteiger charge is 2.10. The van der Waals surface area contributed by atoms with E-state index < -0.39 is 0 Å². The maximum Gasteiger partial charge on any atom is 0.245 e. The number of fused-ring (bicyclic) bond motifs is 1. The van der Waals surface area contributed by atoms with Crippen molar-refractivity contribution in [3.63, 3.8) is 0 Å². The van der Waals surface area contributed by atoms with Gasteiger partial charge in [0.05, 0.1) is 6.33 Å². The van der Waals surface area contributed by atoms with Crippen molar-refractivity contribution >= 4 is 17.1 Å². The number of H-pyrrole nitrogens is 1. The Kier molecular flexibility index (Phi) is 3.40. The van der Waals surface area contributed by atoms with Gasteiger partial charge in [-0.2, -0.15) is 9.97 Å². The molecule has 0 amide bonds. The molecule has 0 aliphatic rings. The maximum atomic E-state index is 5.50. The van der Waals surface area contributed by atoms with Crippen LogP contribution in [-0.2, 0) is 0 Å². The Morgan fingerprint density at radius 2 is 2.41 bits per heavy atom. The summed E-state index contributed by atoms with van der Waals surface area (Å²) in [7, 11) is 0. The van der Waals surface area contributed by atoms with Crippen LogP contribution in [0.2, 0.25) is 0 Å². The number of imidazole rings is 1. The topological polar surface area (TPSA) is 75.7 Å². The first-order valence-electron chi connectivity index (χ1n) is 5.36. The number of aromatic nitrogens is 4.